The number of hydrogen-bond donors (Lipinski definition) is 0. The fourth-order valence-corrected chi connectivity index (χ4v) is 6.83. The first-order valence-corrected chi connectivity index (χ1v) is 9.34. The molecule has 4 rings (SSSR count). The van der Waals surface area contributed by atoms with Gasteiger partial charge >= 0.3 is 0 Å². The topological polar surface area (TPSA) is 35.5 Å². The highest BCUT2D eigenvalue weighted by atomic mass is 16.5. The van der Waals surface area contributed by atoms with E-state index >= 15 is 0 Å². The van der Waals surface area contributed by atoms with E-state index < -0.39 is 0 Å². The van der Waals surface area contributed by atoms with Crippen LogP contribution in [0.25, 0.3) is 0 Å². The maximum Gasteiger partial charge on any atom is 0.136 e. The Labute approximate surface area is 134 Å². The number of carbonyl (C=O) groups excluding carboxylic acids is 1. The number of ketones is 1. The lowest BCUT2D eigenvalue weighted by Crippen LogP contribution is -2.58. The summed E-state index contributed by atoms with van der Waals surface area (Å²) in [6.07, 6.45) is 10.1. The minimum absolute atomic E-state index is 0.202. The quantitative estimate of drug-likeness (QED) is 0.784. The van der Waals surface area contributed by atoms with Crippen molar-refractivity contribution in [3.8, 4) is 0 Å². The number of fused-ring (bicyclic) bond motifs is 5. The molecule has 3 heteroatoms. The molecule has 124 valence electrons. The van der Waals surface area contributed by atoms with E-state index in [4.69, 9.17) is 9.47 Å². The lowest BCUT2D eigenvalue weighted by Gasteiger charge is -2.57. The molecule has 0 aromatic carbocycles. The van der Waals surface area contributed by atoms with Crippen LogP contribution in [0.4, 0.5) is 0 Å². The molecule has 0 bridgehead atoms. The first-order valence-electron chi connectivity index (χ1n) is 9.34. The fraction of sp³-hybridized carbons (Fsp3) is 0.947. The van der Waals surface area contributed by atoms with Crippen LogP contribution < -0.4 is 0 Å². The van der Waals surface area contributed by atoms with E-state index in [9.17, 15) is 4.79 Å². The van der Waals surface area contributed by atoms with Crippen molar-refractivity contribution in [2.75, 3.05) is 14.2 Å². The Morgan fingerprint density at radius 2 is 1.50 bits per heavy atom. The average Bonchev–Trinajstić information content (AvgIpc) is 2.94. The first kappa shape index (κ1) is 15.1. The van der Waals surface area contributed by atoms with Crippen LogP contribution in [0.3, 0.4) is 0 Å². The maximum atomic E-state index is 12.2. The summed E-state index contributed by atoms with van der Waals surface area (Å²) in [7, 11) is 3.72. The van der Waals surface area contributed by atoms with Crippen LogP contribution in [-0.2, 0) is 14.3 Å². The molecule has 0 radical (unpaired) electrons. The van der Waals surface area contributed by atoms with E-state index in [-0.39, 0.29) is 12.2 Å². The van der Waals surface area contributed by atoms with Gasteiger partial charge in [0.05, 0.1) is 12.2 Å². The largest absolute Gasteiger partial charge is 0.378 e. The van der Waals surface area contributed by atoms with Crippen molar-refractivity contribution in [1.29, 1.82) is 0 Å². The van der Waals surface area contributed by atoms with Gasteiger partial charge in [-0.05, 0) is 61.7 Å². The molecule has 4 fully saturated rings. The van der Waals surface area contributed by atoms with Crippen LogP contribution >= 0.6 is 0 Å². The summed E-state index contributed by atoms with van der Waals surface area (Å²) in [6, 6.07) is 0. The predicted molar refractivity (Wildman–Crippen MR) is 84.5 cm³/mol. The Balaban J connectivity index is 1.69. The van der Waals surface area contributed by atoms with Crippen molar-refractivity contribution in [3.05, 3.63) is 0 Å². The van der Waals surface area contributed by atoms with Crippen molar-refractivity contribution in [3.63, 3.8) is 0 Å². The van der Waals surface area contributed by atoms with Gasteiger partial charge in [-0.2, -0.15) is 0 Å². The van der Waals surface area contributed by atoms with Crippen LogP contribution in [0, 0.1) is 35.5 Å². The summed E-state index contributed by atoms with van der Waals surface area (Å²) in [6.45, 7) is 0. The van der Waals surface area contributed by atoms with Gasteiger partial charge in [-0.25, -0.2) is 0 Å². The van der Waals surface area contributed by atoms with Gasteiger partial charge < -0.3 is 9.47 Å². The molecule has 0 spiro atoms. The van der Waals surface area contributed by atoms with Crippen molar-refractivity contribution >= 4 is 5.78 Å². The van der Waals surface area contributed by atoms with Crippen LogP contribution in [0.1, 0.15) is 51.4 Å². The molecule has 0 aliphatic heterocycles. The third-order valence-electron chi connectivity index (χ3n) is 7.55. The molecule has 4 saturated carbocycles. The van der Waals surface area contributed by atoms with E-state index in [2.05, 4.69) is 0 Å². The van der Waals surface area contributed by atoms with E-state index in [1.165, 1.54) is 32.1 Å². The van der Waals surface area contributed by atoms with Gasteiger partial charge in [0.2, 0.25) is 0 Å². The van der Waals surface area contributed by atoms with Crippen molar-refractivity contribution in [2.24, 2.45) is 35.5 Å². The van der Waals surface area contributed by atoms with Gasteiger partial charge in [0.1, 0.15) is 5.78 Å². The second-order valence-corrected chi connectivity index (χ2v) is 8.11. The Morgan fingerprint density at radius 1 is 0.773 bits per heavy atom. The summed E-state index contributed by atoms with van der Waals surface area (Å²) >= 11 is 0. The van der Waals surface area contributed by atoms with Crippen molar-refractivity contribution in [1.82, 2.24) is 0 Å². The normalized spacial score (nSPS) is 51.1. The summed E-state index contributed by atoms with van der Waals surface area (Å²) < 4.78 is 12.0. The molecule has 4 aliphatic rings. The monoisotopic (exact) mass is 306 g/mol. The molecule has 0 aromatic rings. The van der Waals surface area contributed by atoms with Gasteiger partial charge in [0, 0.05) is 26.6 Å². The second kappa shape index (κ2) is 5.90. The minimum Gasteiger partial charge on any atom is -0.378 e. The summed E-state index contributed by atoms with van der Waals surface area (Å²) in [5, 5.41) is 0. The standard InChI is InChI=1S/C19H30O3/c1-21-18-15-6-4-3-5-11(15)13-8-7-12-14(9-10-16(12)20)17(13)19(18)22-2/h11-15,17-19H,3-10H2,1-2H3. The molecule has 8 unspecified atom stereocenters. The fourth-order valence-electron chi connectivity index (χ4n) is 6.83. The van der Waals surface area contributed by atoms with E-state index in [0.717, 1.165) is 31.1 Å². The highest BCUT2D eigenvalue weighted by molar-refractivity contribution is 5.83. The number of methoxy groups -OCH3 is 2. The van der Waals surface area contributed by atoms with Crippen LogP contribution in [0.5, 0.6) is 0 Å². The van der Waals surface area contributed by atoms with Gasteiger partial charge in [-0.3, -0.25) is 4.79 Å². The molecule has 3 nitrogen and oxygen atoms in total. The molecular formula is C19H30O3. The van der Waals surface area contributed by atoms with E-state index in [1.807, 2.05) is 14.2 Å². The molecule has 0 N–H and O–H groups in total. The van der Waals surface area contributed by atoms with Crippen LogP contribution in [-0.4, -0.2) is 32.2 Å². The summed E-state index contributed by atoms with van der Waals surface area (Å²) in [5.74, 6) is 4.24. The number of hydrogen-bond acceptors (Lipinski definition) is 3. The zero-order valence-corrected chi connectivity index (χ0v) is 14.0. The summed E-state index contributed by atoms with van der Waals surface area (Å²) in [4.78, 5) is 12.2. The zero-order valence-electron chi connectivity index (χ0n) is 14.0. The zero-order chi connectivity index (χ0) is 15.3. The molecule has 8 atom stereocenters. The molecule has 0 aromatic heterocycles. The van der Waals surface area contributed by atoms with E-state index in [1.54, 1.807) is 0 Å². The maximum absolute atomic E-state index is 12.2. The Kier molecular flexibility index (Phi) is 4.06. The molecule has 0 saturated heterocycles. The van der Waals surface area contributed by atoms with Gasteiger partial charge in [0.15, 0.2) is 0 Å². The highest BCUT2D eigenvalue weighted by Gasteiger charge is 2.58. The van der Waals surface area contributed by atoms with Gasteiger partial charge in [-0.15, -0.1) is 0 Å². The minimum atomic E-state index is 0.202. The number of Topliss-reactive ketones (excluding diaryl/α,β-unsaturated/α-hetero) is 1. The molecule has 0 amide bonds. The Morgan fingerprint density at radius 3 is 2.23 bits per heavy atom. The third kappa shape index (κ3) is 2.11. The van der Waals surface area contributed by atoms with Crippen LogP contribution in [0.15, 0.2) is 0 Å². The highest BCUT2D eigenvalue weighted by Crippen LogP contribution is 2.58. The number of ether oxygens (including phenoxy) is 2. The Hall–Kier alpha value is -0.410. The lowest BCUT2D eigenvalue weighted by atomic mass is 9.52. The number of rotatable bonds is 2. The van der Waals surface area contributed by atoms with E-state index in [0.29, 0.717) is 29.5 Å². The lowest BCUT2D eigenvalue weighted by molar-refractivity contribution is -0.188. The third-order valence-corrected chi connectivity index (χ3v) is 7.55. The summed E-state index contributed by atoms with van der Waals surface area (Å²) in [5.41, 5.74) is 0. The predicted octanol–water partition coefficient (Wildman–Crippen LogP) is 3.46. The number of carbonyl (C=O) groups is 1. The molecule has 4 aliphatic carbocycles. The van der Waals surface area contributed by atoms with Gasteiger partial charge in [-0.1, -0.05) is 12.8 Å². The average molecular weight is 306 g/mol. The van der Waals surface area contributed by atoms with Crippen molar-refractivity contribution in [2.45, 2.75) is 63.6 Å². The molecular weight excluding hydrogens is 276 g/mol. The molecule has 22 heavy (non-hydrogen) atoms. The first-order chi connectivity index (χ1) is 10.8. The SMILES string of the molecule is COC1C2CCCCC2C2CCC3C(=O)CCC3C2C1OC. The van der Waals surface area contributed by atoms with Crippen LogP contribution in [0.2, 0.25) is 0 Å². The second-order valence-electron chi connectivity index (χ2n) is 8.11. The van der Waals surface area contributed by atoms with Gasteiger partial charge in [0.25, 0.3) is 0 Å². The smallest absolute Gasteiger partial charge is 0.136 e. The molecule has 0 heterocycles. The van der Waals surface area contributed by atoms with Crippen molar-refractivity contribution < 1.29 is 14.3 Å². The Bertz CT molecular complexity index is 426.